The Hall–Kier alpha value is -4.08. The molecule has 4 rings (SSSR count). The van der Waals surface area contributed by atoms with E-state index in [9.17, 15) is 24.5 Å². The maximum Gasteiger partial charge on any atom is 0.269 e. The Morgan fingerprint density at radius 2 is 1.83 bits per heavy atom. The van der Waals surface area contributed by atoms with E-state index in [0.717, 1.165) is 4.90 Å². The molecule has 2 amide bonds. The summed E-state index contributed by atoms with van der Waals surface area (Å²) in [6.07, 6.45) is 0. The van der Waals surface area contributed by atoms with Gasteiger partial charge in [0.25, 0.3) is 11.6 Å². The topological polar surface area (TPSA) is 131 Å². The Labute approximate surface area is 163 Å². The number of amides is 2. The highest BCUT2D eigenvalue weighted by Gasteiger charge is 2.55. The number of rotatable bonds is 5. The molecule has 2 aromatic carbocycles. The number of non-ortho nitro benzene ring substituents is 1. The van der Waals surface area contributed by atoms with Gasteiger partial charge in [-0.2, -0.15) is 5.10 Å². The molecular weight excluding hydrogens is 380 g/mol. The second kappa shape index (κ2) is 6.82. The van der Waals surface area contributed by atoms with Crippen LogP contribution in [-0.4, -0.2) is 41.4 Å². The van der Waals surface area contributed by atoms with Gasteiger partial charge in [-0.05, 0) is 24.3 Å². The Morgan fingerprint density at radius 3 is 2.48 bits per heavy atom. The molecule has 2 aromatic rings. The summed E-state index contributed by atoms with van der Waals surface area (Å²) in [4.78, 5) is 49.9. The van der Waals surface area contributed by atoms with Gasteiger partial charge in [0.15, 0.2) is 0 Å². The summed E-state index contributed by atoms with van der Waals surface area (Å²) < 4.78 is 5.23. The Balaban J connectivity index is 1.65. The van der Waals surface area contributed by atoms with E-state index in [2.05, 4.69) is 10.5 Å². The number of Topliss-reactive ketones (excluding diaryl/α,β-unsaturated/α-hetero) is 1. The number of nitrogens with zero attached hydrogens (tertiary/aromatic N) is 3. The molecule has 2 aliphatic rings. The molecule has 0 unspecified atom stereocenters. The van der Waals surface area contributed by atoms with Crippen molar-refractivity contribution in [2.75, 3.05) is 12.0 Å². The lowest BCUT2D eigenvalue weighted by Crippen LogP contribution is -2.36. The maximum absolute atomic E-state index is 13.0. The number of hydrogen-bond acceptors (Lipinski definition) is 8. The largest absolute Gasteiger partial charge is 0.495 e. The molecule has 0 spiro atoms. The van der Waals surface area contributed by atoms with Crippen molar-refractivity contribution in [3.63, 3.8) is 0 Å². The minimum absolute atomic E-state index is 0.111. The highest BCUT2D eigenvalue weighted by atomic mass is 16.6. The first-order valence-corrected chi connectivity index (χ1v) is 8.57. The van der Waals surface area contributed by atoms with Crippen LogP contribution in [0.4, 0.5) is 11.4 Å². The van der Waals surface area contributed by atoms with E-state index in [1.165, 1.54) is 31.4 Å². The zero-order valence-corrected chi connectivity index (χ0v) is 15.1. The number of fused-ring (bicyclic) bond motifs is 1. The first-order valence-electron chi connectivity index (χ1n) is 8.57. The third-order valence-electron chi connectivity index (χ3n) is 4.82. The molecule has 2 aliphatic heterocycles. The lowest BCUT2D eigenvalue weighted by atomic mass is 9.92. The van der Waals surface area contributed by atoms with E-state index in [4.69, 9.17) is 4.74 Å². The van der Waals surface area contributed by atoms with Crippen LogP contribution in [0.15, 0.2) is 53.6 Å². The number of nitro groups is 1. The first-order chi connectivity index (χ1) is 13.9. The number of hydrogen-bond donors (Lipinski definition) is 1. The zero-order chi connectivity index (χ0) is 20.7. The number of methoxy groups -OCH3 is 1. The van der Waals surface area contributed by atoms with Gasteiger partial charge < -0.3 is 4.74 Å². The third-order valence-corrected chi connectivity index (χ3v) is 4.82. The van der Waals surface area contributed by atoms with Crippen LogP contribution in [0.5, 0.6) is 5.75 Å². The summed E-state index contributed by atoms with van der Waals surface area (Å²) in [5, 5.41) is 14.7. The summed E-state index contributed by atoms with van der Waals surface area (Å²) >= 11 is 0. The smallest absolute Gasteiger partial charge is 0.269 e. The van der Waals surface area contributed by atoms with Crippen LogP contribution in [0.1, 0.15) is 10.4 Å². The number of nitro benzene ring substituents is 1. The van der Waals surface area contributed by atoms with Crippen LogP contribution in [0.2, 0.25) is 0 Å². The average Bonchev–Trinajstić information content (AvgIpc) is 3.27. The van der Waals surface area contributed by atoms with Crippen molar-refractivity contribution in [3.8, 4) is 5.75 Å². The number of ether oxygens (including phenoxy) is 1. The fourth-order valence-corrected chi connectivity index (χ4v) is 3.41. The van der Waals surface area contributed by atoms with Crippen LogP contribution in [0.3, 0.4) is 0 Å². The van der Waals surface area contributed by atoms with Crippen molar-refractivity contribution in [2.45, 2.75) is 6.04 Å². The van der Waals surface area contributed by atoms with Gasteiger partial charge in [0.1, 0.15) is 23.4 Å². The van der Waals surface area contributed by atoms with Gasteiger partial charge in [-0.3, -0.25) is 29.9 Å². The van der Waals surface area contributed by atoms with Crippen LogP contribution in [0.25, 0.3) is 0 Å². The summed E-state index contributed by atoms with van der Waals surface area (Å²) in [6, 6.07) is 10.5. The van der Waals surface area contributed by atoms with Crippen LogP contribution < -0.4 is 15.1 Å². The monoisotopic (exact) mass is 394 g/mol. The molecule has 10 nitrogen and oxygen atoms in total. The van der Waals surface area contributed by atoms with Crippen molar-refractivity contribution in [3.05, 3.63) is 64.2 Å². The molecule has 0 bridgehead atoms. The van der Waals surface area contributed by atoms with Gasteiger partial charge in [0.2, 0.25) is 11.7 Å². The molecular formula is C19H14N4O6. The number of nitrogens with one attached hydrogen (secondary N) is 1. The molecule has 0 saturated carbocycles. The average molecular weight is 394 g/mol. The van der Waals surface area contributed by atoms with E-state index >= 15 is 0 Å². The number of para-hydroxylation sites is 2. The number of imide groups is 1. The molecule has 10 heteroatoms. The number of benzene rings is 2. The number of carbonyl (C=O) groups is 3. The highest BCUT2D eigenvalue weighted by molar-refractivity contribution is 6.52. The lowest BCUT2D eigenvalue weighted by molar-refractivity contribution is -0.384. The Kier molecular flexibility index (Phi) is 4.30. The minimum Gasteiger partial charge on any atom is -0.495 e. The van der Waals surface area contributed by atoms with Crippen molar-refractivity contribution in [1.82, 2.24) is 5.43 Å². The van der Waals surface area contributed by atoms with E-state index < -0.39 is 34.5 Å². The Morgan fingerprint density at radius 1 is 1.14 bits per heavy atom. The summed E-state index contributed by atoms with van der Waals surface area (Å²) in [6.45, 7) is 0. The standard InChI is InChI=1S/C19H14N4O6/c1-29-13-5-3-2-4-12(13)22-18(25)14-15(20-21-16(14)19(22)26)17(24)10-6-8-11(9-7-10)23(27)28/h2-9,14,16,21H,1H3/t14-,16-/m1/s1. The first kappa shape index (κ1) is 18.3. The van der Waals surface area contributed by atoms with Gasteiger partial charge in [0.05, 0.1) is 17.7 Å². The van der Waals surface area contributed by atoms with Crippen LogP contribution in [-0.2, 0) is 9.59 Å². The predicted octanol–water partition coefficient (Wildman–Crippen LogP) is 1.30. The quantitative estimate of drug-likeness (QED) is 0.350. The maximum atomic E-state index is 13.0. The summed E-state index contributed by atoms with van der Waals surface area (Å²) in [5.74, 6) is -2.46. The van der Waals surface area contributed by atoms with Gasteiger partial charge in [-0.1, -0.05) is 12.1 Å². The fourth-order valence-electron chi connectivity index (χ4n) is 3.41. The third kappa shape index (κ3) is 2.81. The molecule has 1 N–H and O–H groups in total. The predicted molar refractivity (Wildman–Crippen MR) is 101 cm³/mol. The van der Waals surface area contributed by atoms with E-state index in [1.807, 2.05) is 0 Å². The second-order valence-corrected chi connectivity index (χ2v) is 6.40. The highest BCUT2D eigenvalue weighted by Crippen LogP contribution is 2.36. The van der Waals surface area contributed by atoms with Crippen molar-refractivity contribution in [2.24, 2.45) is 11.0 Å². The van der Waals surface area contributed by atoms with Crippen LogP contribution >= 0.6 is 0 Å². The summed E-state index contributed by atoms with van der Waals surface area (Å²) in [5.41, 5.74) is 2.71. The molecule has 2 atom stereocenters. The normalized spacial score (nSPS) is 20.2. The van der Waals surface area contributed by atoms with E-state index in [0.29, 0.717) is 5.75 Å². The van der Waals surface area contributed by atoms with E-state index in [1.54, 1.807) is 24.3 Å². The zero-order valence-electron chi connectivity index (χ0n) is 15.1. The van der Waals surface area contributed by atoms with E-state index in [-0.39, 0.29) is 22.6 Å². The van der Waals surface area contributed by atoms with Crippen molar-refractivity contribution >= 4 is 34.7 Å². The number of hydrazone groups is 1. The van der Waals surface area contributed by atoms with Gasteiger partial charge in [0, 0.05) is 17.7 Å². The second-order valence-electron chi connectivity index (χ2n) is 6.40. The van der Waals surface area contributed by atoms with Crippen molar-refractivity contribution in [1.29, 1.82) is 0 Å². The van der Waals surface area contributed by atoms with Gasteiger partial charge in [-0.25, -0.2) is 4.90 Å². The number of anilines is 1. The molecule has 29 heavy (non-hydrogen) atoms. The minimum atomic E-state index is -1.09. The Bertz CT molecular complexity index is 1080. The molecule has 2 heterocycles. The van der Waals surface area contributed by atoms with Gasteiger partial charge in [-0.15, -0.1) is 0 Å². The molecule has 146 valence electrons. The fraction of sp³-hybridized carbons (Fsp3) is 0.158. The molecule has 1 fully saturated rings. The summed E-state index contributed by atoms with van der Waals surface area (Å²) in [7, 11) is 1.42. The number of carbonyl (C=O) groups excluding carboxylic acids is 3. The SMILES string of the molecule is COc1ccccc1N1C(=O)[C@@H]2C(C(=O)c3ccc([N+](=O)[O-])cc3)=NN[C@H]2C1=O. The molecule has 0 radical (unpaired) electrons. The van der Waals surface area contributed by atoms with Crippen molar-refractivity contribution < 1.29 is 24.0 Å². The van der Waals surface area contributed by atoms with Crippen LogP contribution in [0, 0.1) is 16.0 Å². The van der Waals surface area contributed by atoms with Gasteiger partial charge >= 0.3 is 0 Å². The number of ketones is 1. The molecule has 0 aromatic heterocycles. The molecule has 1 saturated heterocycles. The lowest BCUT2D eigenvalue weighted by Gasteiger charge is -2.18. The molecule has 0 aliphatic carbocycles.